The van der Waals surface area contributed by atoms with Crippen molar-refractivity contribution in [3.8, 4) is 5.75 Å². The number of benzene rings is 2. The second kappa shape index (κ2) is 5.31. The highest BCUT2D eigenvalue weighted by Crippen LogP contribution is 2.28. The molecule has 0 heterocycles. The van der Waals surface area contributed by atoms with E-state index in [1.807, 2.05) is 32.9 Å². The van der Waals surface area contributed by atoms with Crippen LogP contribution in [-0.4, -0.2) is 5.11 Å². The molecule has 0 bridgehead atoms. The molecule has 0 amide bonds. The Labute approximate surface area is 112 Å². The standard InChI is InChI=1S/C16H18FNO/c1-10-4-6-15(11(2)8-10)18-12(3)14-9-13(17)5-7-16(14)19/h4-9,12,18-19H,1-3H3. The van der Waals surface area contributed by atoms with Gasteiger partial charge in [0.2, 0.25) is 0 Å². The van der Waals surface area contributed by atoms with E-state index in [-0.39, 0.29) is 17.6 Å². The fourth-order valence-corrected chi connectivity index (χ4v) is 2.16. The van der Waals surface area contributed by atoms with Gasteiger partial charge in [0.1, 0.15) is 11.6 Å². The summed E-state index contributed by atoms with van der Waals surface area (Å²) in [7, 11) is 0. The van der Waals surface area contributed by atoms with E-state index in [4.69, 9.17) is 0 Å². The van der Waals surface area contributed by atoms with Gasteiger partial charge < -0.3 is 10.4 Å². The molecule has 0 aromatic heterocycles. The van der Waals surface area contributed by atoms with E-state index in [0.29, 0.717) is 5.56 Å². The van der Waals surface area contributed by atoms with Crippen molar-refractivity contribution < 1.29 is 9.50 Å². The number of aryl methyl sites for hydroxylation is 2. The largest absolute Gasteiger partial charge is 0.508 e. The third-order valence-corrected chi connectivity index (χ3v) is 3.21. The zero-order chi connectivity index (χ0) is 14.0. The van der Waals surface area contributed by atoms with Crippen LogP contribution in [0.2, 0.25) is 0 Å². The summed E-state index contributed by atoms with van der Waals surface area (Å²) in [5.74, 6) is -0.242. The van der Waals surface area contributed by atoms with Gasteiger partial charge in [0, 0.05) is 11.3 Å². The lowest BCUT2D eigenvalue weighted by atomic mass is 10.1. The third-order valence-electron chi connectivity index (χ3n) is 3.21. The molecule has 0 aliphatic rings. The number of hydrogen-bond donors (Lipinski definition) is 2. The summed E-state index contributed by atoms with van der Waals surface area (Å²) in [5.41, 5.74) is 3.87. The molecule has 0 radical (unpaired) electrons. The summed E-state index contributed by atoms with van der Waals surface area (Å²) in [6, 6.07) is 9.92. The predicted octanol–water partition coefficient (Wildman–Crippen LogP) is 4.32. The second-order valence-electron chi connectivity index (χ2n) is 4.89. The molecule has 1 atom stereocenters. The predicted molar refractivity (Wildman–Crippen MR) is 76.0 cm³/mol. The van der Waals surface area contributed by atoms with Gasteiger partial charge in [-0.05, 0) is 50.6 Å². The Kier molecular flexibility index (Phi) is 3.74. The molecule has 100 valence electrons. The van der Waals surface area contributed by atoms with Crippen LogP contribution in [0, 0.1) is 19.7 Å². The van der Waals surface area contributed by atoms with E-state index in [9.17, 15) is 9.50 Å². The first-order chi connectivity index (χ1) is 8.97. The van der Waals surface area contributed by atoms with Crippen LogP contribution in [0.25, 0.3) is 0 Å². The van der Waals surface area contributed by atoms with Crippen LogP contribution < -0.4 is 5.32 Å². The van der Waals surface area contributed by atoms with Gasteiger partial charge in [-0.3, -0.25) is 0 Å². The van der Waals surface area contributed by atoms with Gasteiger partial charge in [-0.2, -0.15) is 0 Å². The molecule has 1 unspecified atom stereocenters. The van der Waals surface area contributed by atoms with Gasteiger partial charge in [-0.1, -0.05) is 17.7 Å². The summed E-state index contributed by atoms with van der Waals surface area (Å²) in [4.78, 5) is 0. The first-order valence-electron chi connectivity index (χ1n) is 6.29. The average Bonchev–Trinajstić information content (AvgIpc) is 2.35. The molecule has 2 nitrogen and oxygen atoms in total. The van der Waals surface area contributed by atoms with Crippen LogP contribution >= 0.6 is 0 Å². The van der Waals surface area contributed by atoms with E-state index < -0.39 is 0 Å². The van der Waals surface area contributed by atoms with Crippen LogP contribution in [0.15, 0.2) is 36.4 Å². The summed E-state index contributed by atoms with van der Waals surface area (Å²) in [5, 5.41) is 13.1. The SMILES string of the molecule is Cc1ccc(NC(C)c2cc(F)ccc2O)c(C)c1. The Bertz CT molecular complexity index is 595. The summed E-state index contributed by atoms with van der Waals surface area (Å²) in [6.07, 6.45) is 0. The molecule has 0 aliphatic heterocycles. The first kappa shape index (κ1) is 13.4. The van der Waals surface area contributed by atoms with E-state index in [0.717, 1.165) is 11.3 Å². The molecule has 2 rings (SSSR count). The zero-order valence-electron chi connectivity index (χ0n) is 11.4. The van der Waals surface area contributed by atoms with Crippen molar-refractivity contribution in [3.05, 3.63) is 58.9 Å². The van der Waals surface area contributed by atoms with Gasteiger partial charge in [0.05, 0.1) is 6.04 Å². The van der Waals surface area contributed by atoms with Crippen molar-refractivity contribution in [1.29, 1.82) is 0 Å². The Morgan fingerprint density at radius 3 is 2.53 bits per heavy atom. The first-order valence-corrected chi connectivity index (χ1v) is 6.29. The van der Waals surface area contributed by atoms with E-state index in [2.05, 4.69) is 11.4 Å². The van der Waals surface area contributed by atoms with Crippen molar-refractivity contribution in [2.24, 2.45) is 0 Å². The average molecular weight is 259 g/mol. The number of halogens is 1. The Hall–Kier alpha value is -2.03. The van der Waals surface area contributed by atoms with Crippen molar-refractivity contribution in [1.82, 2.24) is 0 Å². The molecule has 0 saturated heterocycles. The molecular formula is C16H18FNO. The number of anilines is 1. The van der Waals surface area contributed by atoms with Gasteiger partial charge in [-0.15, -0.1) is 0 Å². The molecule has 2 aromatic rings. The highest BCUT2D eigenvalue weighted by Gasteiger charge is 2.12. The topological polar surface area (TPSA) is 32.3 Å². The normalized spacial score (nSPS) is 12.2. The van der Waals surface area contributed by atoms with Crippen LogP contribution in [0.1, 0.15) is 29.7 Å². The van der Waals surface area contributed by atoms with Crippen molar-refractivity contribution >= 4 is 5.69 Å². The van der Waals surface area contributed by atoms with Crippen LogP contribution in [0.3, 0.4) is 0 Å². The molecule has 2 N–H and O–H groups in total. The maximum Gasteiger partial charge on any atom is 0.123 e. The number of hydrogen-bond acceptors (Lipinski definition) is 2. The summed E-state index contributed by atoms with van der Waals surface area (Å²) >= 11 is 0. The molecule has 0 saturated carbocycles. The number of rotatable bonds is 3. The number of aromatic hydroxyl groups is 1. The van der Waals surface area contributed by atoms with E-state index in [1.165, 1.54) is 23.8 Å². The summed E-state index contributed by atoms with van der Waals surface area (Å²) < 4.78 is 13.2. The third kappa shape index (κ3) is 3.05. The Balaban J connectivity index is 2.25. The Morgan fingerprint density at radius 1 is 1.11 bits per heavy atom. The molecule has 0 aliphatic carbocycles. The molecule has 0 spiro atoms. The number of phenols is 1. The number of phenolic OH excluding ortho intramolecular Hbond substituents is 1. The minimum absolute atomic E-state index is 0.103. The monoisotopic (exact) mass is 259 g/mol. The van der Waals surface area contributed by atoms with Crippen molar-refractivity contribution in [2.45, 2.75) is 26.8 Å². The lowest BCUT2D eigenvalue weighted by molar-refractivity contribution is 0.462. The van der Waals surface area contributed by atoms with E-state index >= 15 is 0 Å². The van der Waals surface area contributed by atoms with Gasteiger partial charge in [0.15, 0.2) is 0 Å². The minimum Gasteiger partial charge on any atom is -0.508 e. The fourth-order valence-electron chi connectivity index (χ4n) is 2.16. The highest BCUT2D eigenvalue weighted by molar-refractivity contribution is 5.54. The maximum atomic E-state index is 13.2. The zero-order valence-corrected chi connectivity index (χ0v) is 11.4. The van der Waals surface area contributed by atoms with Gasteiger partial charge in [-0.25, -0.2) is 4.39 Å². The molecule has 0 fully saturated rings. The van der Waals surface area contributed by atoms with E-state index in [1.54, 1.807) is 0 Å². The lowest BCUT2D eigenvalue weighted by Gasteiger charge is -2.18. The Morgan fingerprint density at radius 2 is 1.84 bits per heavy atom. The van der Waals surface area contributed by atoms with Crippen molar-refractivity contribution in [2.75, 3.05) is 5.32 Å². The molecule has 3 heteroatoms. The highest BCUT2D eigenvalue weighted by atomic mass is 19.1. The number of nitrogens with one attached hydrogen (secondary N) is 1. The molecule has 2 aromatic carbocycles. The second-order valence-corrected chi connectivity index (χ2v) is 4.89. The summed E-state index contributed by atoms with van der Waals surface area (Å²) in [6.45, 7) is 5.96. The maximum absolute atomic E-state index is 13.2. The molecule has 19 heavy (non-hydrogen) atoms. The van der Waals surface area contributed by atoms with Crippen molar-refractivity contribution in [3.63, 3.8) is 0 Å². The quantitative estimate of drug-likeness (QED) is 0.860. The van der Waals surface area contributed by atoms with Crippen LogP contribution in [0.5, 0.6) is 5.75 Å². The van der Waals surface area contributed by atoms with Crippen LogP contribution in [0.4, 0.5) is 10.1 Å². The van der Waals surface area contributed by atoms with Gasteiger partial charge >= 0.3 is 0 Å². The minimum atomic E-state index is -0.345. The fraction of sp³-hybridized carbons (Fsp3) is 0.250. The molecular weight excluding hydrogens is 241 g/mol. The van der Waals surface area contributed by atoms with Gasteiger partial charge in [0.25, 0.3) is 0 Å². The lowest BCUT2D eigenvalue weighted by Crippen LogP contribution is -2.08. The van der Waals surface area contributed by atoms with Crippen LogP contribution in [-0.2, 0) is 0 Å². The smallest absolute Gasteiger partial charge is 0.123 e.